The van der Waals surface area contributed by atoms with Crippen molar-refractivity contribution >= 4 is 34.2 Å². The number of nitrogens with one attached hydrogen (secondary N) is 1. The number of nitrogens with zero attached hydrogens (tertiary/aromatic N) is 3. The Morgan fingerprint density at radius 2 is 1.97 bits per heavy atom. The second-order valence-electron chi connectivity index (χ2n) is 6.63. The first-order valence-corrected chi connectivity index (χ1v) is 9.61. The van der Waals surface area contributed by atoms with Crippen LogP contribution in [-0.2, 0) is 6.54 Å². The van der Waals surface area contributed by atoms with Crippen molar-refractivity contribution in [1.82, 2.24) is 14.5 Å². The molecule has 1 atom stereocenters. The second-order valence-corrected chi connectivity index (χ2v) is 7.06. The number of rotatable bonds is 5. The zero-order valence-corrected chi connectivity index (χ0v) is 17.5. The molecule has 1 N–H and O–H groups in total. The van der Waals surface area contributed by atoms with Gasteiger partial charge in [-0.05, 0) is 56.3 Å². The summed E-state index contributed by atoms with van der Waals surface area (Å²) in [5.41, 5.74) is 0.999. The molecule has 3 rings (SSSR count). The van der Waals surface area contributed by atoms with E-state index in [9.17, 15) is 9.59 Å². The van der Waals surface area contributed by atoms with Crippen LogP contribution in [0.25, 0.3) is 10.9 Å². The number of halogens is 1. The minimum absolute atomic E-state index is 0.153. The molecule has 0 aliphatic rings. The maximum Gasteiger partial charge on any atom is 0.322 e. The van der Waals surface area contributed by atoms with Gasteiger partial charge in [0.15, 0.2) is 0 Å². The Labute approximate surface area is 173 Å². The van der Waals surface area contributed by atoms with Crippen molar-refractivity contribution < 1.29 is 9.53 Å². The van der Waals surface area contributed by atoms with Gasteiger partial charge >= 0.3 is 6.03 Å². The monoisotopic (exact) mass is 414 g/mol. The molecule has 29 heavy (non-hydrogen) atoms. The zero-order valence-electron chi connectivity index (χ0n) is 16.8. The summed E-state index contributed by atoms with van der Waals surface area (Å²) in [6.07, 6.45) is 0. The molecule has 3 aromatic rings. The number of urea groups is 1. The lowest BCUT2D eigenvalue weighted by atomic mass is 10.2. The Hall–Kier alpha value is -3.06. The molecule has 0 aliphatic heterocycles. The molecule has 1 unspecified atom stereocenters. The molecule has 0 radical (unpaired) electrons. The molecule has 0 aliphatic carbocycles. The van der Waals surface area contributed by atoms with E-state index in [0.717, 1.165) is 0 Å². The lowest BCUT2D eigenvalue weighted by Gasteiger charge is -2.27. The molecule has 0 saturated heterocycles. The number of anilines is 1. The van der Waals surface area contributed by atoms with Crippen LogP contribution in [-0.4, -0.2) is 34.6 Å². The van der Waals surface area contributed by atoms with Crippen LogP contribution in [0.1, 0.15) is 25.7 Å². The molecule has 0 fully saturated rings. The SMILES string of the molecule is CCn1c(C(C)N(C)C(=O)Nc2ccc(OC)cc2)nc2cc(Cl)ccc2c1=O. The minimum Gasteiger partial charge on any atom is -0.497 e. The van der Waals surface area contributed by atoms with E-state index in [2.05, 4.69) is 10.3 Å². The van der Waals surface area contributed by atoms with E-state index in [1.54, 1.807) is 61.2 Å². The van der Waals surface area contributed by atoms with Gasteiger partial charge in [0.1, 0.15) is 11.6 Å². The average molecular weight is 415 g/mol. The summed E-state index contributed by atoms with van der Waals surface area (Å²) in [5, 5.41) is 3.84. The summed E-state index contributed by atoms with van der Waals surface area (Å²) < 4.78 is 6.71. The van der Waals surface area contributed by atoms with E-state index in [1.807, 2.05) is 13.8 Å². The Kier molecular flexibility index (Phi) is 6.08. The van der Waals surface area contributed by atoms with Gasteiger partial charge in [-0.15, -0.1) is 0 Å². The summed E-state index contributed by atoms with van der Waals surface area (Å²) >= 11 is 6.07. The number of methoxy groups -OCH3 is 1. The summed E-state index contributed by atoms with van der Waals surface area (Å²) in [6, 6.07) is 11.3. The predicted molar refractivity (Wildman–Crippen MR) is 115 cm³/mol. The van der Waals surface area contributed by atoms with Gasteiger partial charge in [-0.1, -0.05) is 11.6 Å². The molecule has 7 nitrogen and oxygen atoms in total. The highest BCUT2D eigenvalue weighted by Crippen LogP contribution is 2.22. The summed E-state index contributed by atoms with van der Waals surface area (Å²) in [5.74, 6) is 1.20. The van der Waals surface area contributed by atoms with E-state index >= 15 is 0 Å². The van der Waals surface area contributed by atoms with Crippen molar-refractivity contribution in [2.75, 3.05) is 19.5 Å². The van der Waals surface area contributed by atoms with E-state index in [1.165, 1.54) is 4.90 Å². The summed E-state index contributed by atoms with van der Waals surface area (Å²) in [7, 11) is 3.25. The Balaban J connectivity index is 1.91. The van der Waals surface area contributed by atoms with Crippen molar-refractivity contribution in [3.05, 3.63) is 63.7 Å². The molecule has 1 heterocycles. The van der Waals surface area contributed by atoms with E-state index in [4.69, 9.17) is 16.3 Å². The highest BCUT2D eigenvalue weighted by molar-refractivity contribution is 6.31. The number of carbonyl (C=O) groups is 1. The number of hydrogen-bond donors (Lipinski definition) is 1. The van der Waals surface area contributed by atoms with E-state index in [0.29, 0.717) is 39.7 Å². The van der Waals surface area contributed by atoms with Gasteiger partial charge in [0.05, 0.1) is 24.1 Å². The molecule has 0 saturated carbocycles. The lowest BCUT2D eigenvalue weighted by Crippen LogP contribution is -2.37. The molecule has 8 heteroatoms. The molecular formula is C21H23ClN4O3. The maximum atomic E-state index is 12.9. The number of fused-ring (bicyclic) bond motifs is 1. The summed E-state index contributed by atoms with van der Waals surface area (Å²) in [6.45, 7) is 4.15. The number of hydrogen-bond acceptors (Lipinski definition) is 4. The Bertz CT molecular complexity index is 1100. The third kappa shape index (κ3) is 4.19. The van der Waals surface area contributed by atoms with E-state index in [-0.39, 0.29) is 11.6 Å². The third-order valence-corrected chi connectivity index (χ3v) is 5.11. The second kappa shape index (κ2) is 8.53. The first kappa shape index (κ1) is 20.7. The van der Waals surface area contributed by atoms with Crippen LogP contribution in [0.2, 0.25) is 5.02 Å². The number of amides is 2. The number of aromatic nitrogens is 2. The summed E-state index contributed by atoms with van der Waals surface area (Å²) in [4.78, 5) is 31.8. The van der Waals surface area contributed by atoms with Crippen LogP contribution in [0.15, 0.2) is 47.3 Å². The van der Waals surface area contributed by atoms with Gasteiger partial charge in [0.2, 0.25) is 0 Å². The highest BCUT2D eigenvalue weighted by Gasteiger charge is 2.23. The molecule has 1 aromatic heterocycles. The standard InChI is InChI=1S/C21H23ClN4O3/c1-5-26-19(24-18-12-14(22)6-11-17(18)20(26)27)13(2)25(3)21(28)23-15-7-9-16(29-4)10-8-15/h6-13H,5H2,1-4H3,(H,23,28). The van der Waals surface area contributed by atoms with Gasteiger partial charge in [0.25, 0.3) is 5.56 Å². The van der Waals surface area contributed by atoms with Gasteiger partial charge in [-0.3, -0.25) is 9.36 Å². The van der Waals surface area contributed by atoms with Crippen LogP contribution in [0.4, 0.5) is 10.5 Å². The first-order chi connectivity index (χ1) is 13.8. The van der Waals surface area contributed by atoms with Crippen molar-refractivity contribution in [2.24, 2.45) is 0 Å². The molecule has 0 bridgehead atoms. The molecular weight excluding hydrogens is 392 g/mol. The van der Waals surface area contributed by atoms with Crippen molar-refractivity contribution in [3.63, 3.8) is 0 Å². The van der Waals surface area contributed by atoms with Crippen LogP contribution in [0.5, 0.6) is 5.75 Å². The molecule has 2 aromatic carbocycles. The third-order valence-electron chi connectivity index (χ3n) is 4.88. The van der Waals surface area contributed by atoms with Crippen LogP contribution in [0.3, 0.4) is 0 Å². The Morgan fingerprint density at radius 3 is 2.59 bits per heavy atom. The van der Waals surface area contributed by atoms with Gasteiger partial charge in [0, 0.05) is 24.3 Å². The van der Waals surface area contributed by atoms with Crippen LogP contribution >= 0.6 is 11.6 Å². The van der Waals surface area contributed by atoms with Crippen molar-refractivity contribution in [1.29, 1.82) is 0 Å². The van der Waals surface area contributed by atoms with Gasteiger partial charge < -0.3 is 15.0 Å². The number of carbonyl (C=O) groups excluding carboxylic acids is 1. The number of benzene rings is 2. The maximum absolute atomic E-state index is 12.9. The quantitative estimate of drug-likeness (QED) is 0.675. The first-order valence-electron chi connectivity index (χ1n) is 9.23. The normalized spacial score (nSPS) is 11.9. The zero-order chi connectivity index (χ0) is 21.1. The van der Waals surface area contributed by atoms with Crippen molar-refractivity contribution in [2.45, 2.75) is 26.4 Å². The molecule has 2 amide bonds. The molecule has 0 spiro atoms. The van der Waals surface area contributed by atoms with Crippen LogP contribution in [0, 0.1) is 0 Å². The predicted octanol–water partition coefficient (Wildman–Crippen LogP) is 4.30. The number of ether oxygens (including phenoxy) is 1. The largest absolute Gasteiger partial charge is 0.497 e. The fourth-order valence-electron chi connectivity index (χ4n) is 3.07. The minimum atomic E-state index is -0.440. The van der Waals surface area contributed by atoms with Crippen molar-refractivity contribution in [3.8, 4) is 5.75 Å². The molecule has 152 valence electrons. The average Bonchev–Trinajstić information content (AvgIpc) is 2.72. The fraction of sp³-hybridized carbons (Fsp3) is 0.286. The fourth-order valence-corrected chi connectivity index (χ4v) is 3.24. The van der Waals surface area contributed by atoms with Crippen LogP contribution < -0.4 is 15.6 Å². The smallest absolute Gasteiger partial charge is 0.322 e. The van der Waals surface area contributed by atoms with E-state index < -0.39 is 6.04 Å². The van der Waals surface area contributed by atoms with Gasteiger partial charge in [-0.25, -0.2) is 9.78 Å². The Morgan fingerprint density at radius 1 is 1.28 bits per heavy atom. The lowest BCUT2D eigenvalue weighted by molar-refractivity contribution is 0.204. The van der Waals surface area contributed by atoms with Gasteiger partial charge in [-0.2, -0.15) is 0 Å². The topological polar surface area (TPSA) is 76.5 Å². The highest BCUT2D eigenvalue weighted by atomic mass is 35.5.